The van der Waals surface area contributed by atoms with Crippen molar-refractivity contribution in [3.05, 3.63) is 51.6 Å². The molecule has 0 saturated heterocycles. The zero-order valence-electron chi connectivity index (χ0n) is 18.0. The van der Waals surface area contributed by atoms with Crippen molar-refractivity contribution in [2.75, 3.05) is 10.0 Å². The number of amides is 1. The van der Waals surface area contributed by atoms with Gasteiger partial charge in [0.1, 0.15) is 0 Å². The minimum Gasteiger partial charge on any atom is -0.326 e. The topological polar surface area (TPSA) is 75.3 Å². The van der Waals surface area contributed by atoms with Crippen LogP contribution in [0.5, 0.6) is 0 Å². The fourth-order valence-corrected chi connectivity index (χ4v) is 5.28. The van der Waals surface area contributed by atoms with Gasteiger partial charge >= 0.3 is 6.18 Å². The Labute approximate surface area is 180 Å². The Bertz CT molecular complexity index is 1140. The van der Waals surface area contributed by atoms with Crippen molar-refractivity contribution >= 4 is 27.3 Å². The molecule has 2 N–H and O–H groups in total. The Morgan fingerprint density at radius 2 is 1.45 bits per heavy atom. The number of anilines is 2. The number of hydrogen-bond acceptors (Lipinski definition) is 3. The number of carbonyl (C=O) groups is 1. The lowest BCUT2D eigenvalue weighted by Gasteiger charge is -2.21. The first-order valence-corrected chi connectivity index (χ1v) is 11.3. The average molecular weight is 455 g/mol. The number of hydrogen-bond donors (Lipinski definition) is 2. The van der Waals surface area contributed by atoms with Crippen LogP contribution >= 0.6 is 0 Å². The maximum atomic E-state index is 13.7. The van der Waals surface area contributed by atoms with Crippen LogP contribution in [0.1, 0.15) is 46.2 Å². The van der Waals surface area contributed by atoms with Crippen LogP contribution in [0.25, 0.3) is 0 Å². The molecule has 1 amide bonds. The van der Waals surface area contributed by atoms with E-state index in [1.165, 1.54) is 6.07 Å². The largest absolute Gasteiger partial charge is 0.418 e. The third-order valence-corrected chi connectivity index (χ3v) is 7.62. The number of halogens is 3. The van der Waals surface area contributed by atoms with Gasteiger partial charge in [-0.15, -0.1) is 0 Å². The smallest absolute Gasteiger partial charge is 0.326 e. The molecular weight excluding hydrogens is 429 g/mol. The maximum Gasteiger partial charge on any atom is 0.418 e. The third-order valence-electron chi connectivity index (χ3n) is 5.98. The molecule has 0 spiro atoms. The minimum atomic E-state index is -4.82. The Morgan fingerprint density at radius 1 is 0.935 bits per heavy atom. The van der Waals surface area contributed by atoms with Crippen molar-refractivity contribution in [3.8, 4) is 0 Å². The summed E-state index contributed by atoms with van der Waals surface area (Å²) < 4.78 is 69.5. The van der Waals surface area contributed by atoms with Gasteiger partial charge in [0.2, 0.25) is 5.91 Å². The number of carbonyl (C=O) groups excluding carboxylic acids is 1. The van der Waals surface area contributed by atoms with Crippen molar-refractivity contribution in [2.45, 2.75) is 58.5 Å². The molecule has 2 aromatic rings. The SMILES string of the molecule is Cc1c(C)c(C)c(S(=O)(=O)Nc2ccc(NC(=O)C3CC3)cc2C(F)(F)F)c(C)c1C. The lowest BCUT2D eigenvalue weighted by atomic mass is 9.95. The van der Waals surface area contributed by atoms with Crippen molar-refractivity contribution in [2.24, 2.45) is 5.92 Å². The van der Waals surface area contributed by atoms with E-state index in [0.29, 0.717) is 24.0 Å². The van der Waals surface area contributed by atoms with Crippen molar-refractivity contribution in [1.29, 1.82) is 0 Å². The molecule has 9 heteroatoms. The van der Waals surface area contributed by atoms with Crippen LogP contribution < -0.4 is 10.0 Å². The van der Waals surface area contributed by atoms with E-state index in [0.717, 1.165) is 28.8 Å². The summed E-state index contributed by atoms with van der Waals surface area (Å²) in [5.74, 6) is -0.509. The molecule has 2 aromatic carbocycles. The number of rotatable bonds is 5. The summed E-state index contributed by atoms with van der Waals surface area (Å²) in [4.78, 5) is 11.9. The zero-order chi connectivity index (χ0) is 23.3. The third kappa shape index (κ3) is 4.56. The molecule has 1 fully saturated rings. The Kier molecular flexibility index (Phi) is 5.86. The highest BCUT2D eigenvalue weighted by atomic mass is 32.2. The first-order valence-electron chi connectivity index (χ1n) is 9.86. The van der Waals surface area contributed by atoms with E-state index in [-0.39, 0.29) is 22.4 Å². The molecule has 0 aromatic heterocycles. The normalized spacial score (nSPS) is 14.5. The van der Waals surface area contributed by atoms with E-state index >= 15 is 0 Å². The van der Waals surface area contributed by atoms with Crippen LogP contribution in [0.15, 0.2) is 23.1 Å². The molecule has 0 radical (unpaired) electrons. The molecule has 3 rings (SSSR count). The number of sulfonamides is 1. The van der Waals surface area contributed by atoms with Gasteiger partial charge in [-0.25, -0.2) is 8.42 Å². The van der Waals surface area contributed by atoms with Crippen molar-refractivity contribution in [1.82, 2.24) is 0 Å². The summed E-state index contributed by atoms with van der Waals surface area (Å²) in [6.07, 6.45) is -3.39. The first kappa shape index (κ1) is 23.1. The van der Waals surface area contributed by atoms with Gasteiger partial charge < -0.3 is 5.32 Å². The highest BCUT2D eigenvalue weighted by Gasteiger charge is 2.36. The standard InChI is InChI=1S/C22H25F3N2O3S/c1-11-12(2)14(4)20(15(5)13(11)3)31(29,30)27-19-9-8-17(10-18(19)22(23,24)25)26-21(28)16-6-7-16/h8-10,16,27H,6-7H2,1-5H3,(H,26,28). The molecule has 0 unspecified atom stereocenters. The summed E-state index contributed by atoms with van der Waals surface area (Å²) in [5, 5.41) is 2.46. The lowest BCUT2D eigenvalue weighted by Crippen LogP contribution is -2.21. The highest BCUT2D eigenvalue weighted by Crippen LogP contribution is 2.39. The maximum absolute atomic E-state index is 13.7. The van der Waals surface area contributed by atoms with Crippen molar-refractivity contribution in [3.63, 3.8) is 0 Å². The number of benzene rings is 2. The molecule has 0 atom stereocenters. The molecule has 0 heterocycles. The van der Waals surface area contributed by atoms with E-state index in [4.69, 9.17) is 0 Å². The predicted octanol–water partition coefficient (Wildman–Crippen LogP) is 5.40. The van der Waals surface area contributed by atoms with Gasteiger partial charge in [0.05, 0.1) is 16.1 Å². The Balaban J connectivity index is 2.04. The van der Waals surface area contributed by atoms with Crippen LogP contribution in [0.3, 0.4) is 0 Å². The highest BCUT2D eigenvalue weighted by molar-refractivity contribution is 7.92. The molecule has 31 heavy (non-hydrogen) atoms. The summed E-state index contributed by atoms with van der Waals surface area (Å²) in [5.41, 5.74) is 1.70. The fourth-order valence-electron chi connectivity index (χ4n) is 3.60. The minimum absolute atomic E-state index is 0.0210. The van der Waals surface area contributed by atoms with E-state index in [1.54, 1.807) is 27.7 Å². The average Bonchev–Trinajstić information content (AvgIpc) is 3.50. The molecule has 0 bridgehead atoms. The van der Waals surface area contributed by atoms with Gasteiger partial charge in [-0.3, -0.25) is 9.52 Å². The molecule has 1 aliphatic rings. The summed E-state index contributed by atoms with van der Waals surface area (Å²) in [7, 11) is -4.30. The van der Waals surface area contributed by atoms with E-state index in [9.17, 15) is 26.4 Å². The fraction of sp³-hybridized carbons (Fsp3) is 0.409. The number of nitrogens with one attached hydrogen (secondary N) is 2. The van der Waals surface area contributed by atoms with Gasteiger partial charge in [-0.1, -0.05) is 0 Å². The van der Waals surface area contributed by atoms with Crippen LogP contribution in [0.2, 0.25) is 0 Å². The number of alkyl halides is 3. The molecule has 0 aliphatic heterocycles. The first-order chi connectivity index (χ1) is 14.2. The zero-order valence-corrected chi connectivity index (χ0v) is 18.8. The quantitative estimate of drug-likeness (QED) is 0.636. The summed E-state index contributed by atoms with van der Waals surface area (Å²) >= 11 is 0. The van der Waals surface area contributed by atoms with Crippen LogP contribution in [0.4, 0.5) is 24.5 Å². The summed E-state index contributed by atoms with van der Waals surface area (Å²) in [6.45, 7) is 8.74. The predicted molar refractivity (Wildman–Crippen MR) is 114 cm³/mol. The second kappa shape index (κ2) is 7.85. The van der Waals surface area contributed by atoms with E-state index < -0.39 is 27.5 Å². The van der Waals surface area contributed by atoms with Crippen LogP contribution in [0, 0.1) is 40.5 Å². The Hall–Kier alpha value is -2.55. The molecule has 1 saturated carbocycles. The lowest BCUT2D eigenvalue weighted by molar-refractivity contribution is -0.136. The van der Waals surface area contributed by atoms with Gasteiger partial charge in [-0.2, -0.15) is 13.2 Å². The molecule has 5 nitrogen and oxygen atoms in total. The van der Waals surface area contributed by atoms with Gasteiger partial charge in [0.15, 0.2) is 0 Å². The Morgan fingerprint density at radius 3 is 1.94 bits per heavy atom. The van der Waals surface area contributed by atoms with E-state index in [2.05, 4.69) is 10.0 Å². The van der Waals surface area contributed by atoms with Gasteiger partial charge in [0, 0.05) is 11.6 Å². The van der Waals surface area contributed by atoms with Gasteiger partial charge in [0.25, 0.3) is 10.0 Å². The van der Waals surface area contributed by atoms with Crippen molar-refractivity contribution < 1.29 is 26.4 Å². The second-order valence-electron chi connectivity index (χ2n) is 8.08. The monoisotopic (exact) mass is 454 g/mol. The second-order valence-corrected chi connectivity index (χ2v) is 9.70. The van der Waals surface area contributed by atoms with E-state index in [1.807, 2.05) is 6.92 Å². The van der Waals surface area contributed by atoms with Crippen LogP contribution in [-0.4, -0.2) is 14.3 Å². The molecule has 1 aliphatic carbocycles. The van der Waals surface area contributed by atoms with Crippen LogP contribution in [-0.2, 0) is 21.0 Å². The molecule has 168 valence electrons. The summed E-state index contributed by atoms with van der Waals surface area (Å²) in [6, 6.07) is 3.05. The van der Waals surface area contributed by atoms with Gasteiger partial charge in [-0.05, 0) is 93.5 Å². The molecular formula is C22H25F3N2O3S.